The molecule has 196 valence electrons. The van der Waals surface area contributed by atoms with Gasteiger partial charge in [0.15, 0.2) is 0 Å². The maximum Gasteiger partial charge on any atom is 0.0561 e. The Labute approximate surface area is 222 Å². The number of piperazine rings is 1. The third kappa shape index (κ3) is 9.43. The van der Waals surface area contributed by atoms with Crippen molar-refractivity contribution in [3.05, 3.63) is 107 Å². The van der Waals surface area contributed by atoms with Gasteiger partial charge in [-0.15, -0.1) is 0 Å². The first-order valence-corrected chi connectivity index (χ1v) is 12.7. The average molecular weight is 501 g/mol. The zero-order chi connectivity index (χ0) is 25.8. The molecule has 0 amide bonds. The number of rotatable bonds is 5. The first-order valence-electron chi connectivity index (χ1n) is 12.7. The van der Waals surface area contributed by atoms with E-state index in [0.717, 1.165) is 38.2 Å². The first-order chi connectivity index (χ1) is 17.5. The van der Waals surface area contributed by atoms with Crippen molar-refractivity contribution in [3.8, 4) is 11.1 Å². The molecule has 37 heavy (non-hydrogen) atoms. The van der Waals surface area contributed by atoms with E-state index in [1.165, 1.54) is 33.4 Å². The fraction of sp³-hybridized carbons (Fsp3) is 0.312. The van der Waals surface area contributed by atoms with E-state index in [9.17, 15) is 0 Å². The monoisotopic (exact) mass is 500 g/mol. The van der Waals surface area contributed by atoms with Gasteiger partial charge < -0.3 is 4.90 Å². The van der Waals surface area contributed by atoms with Crippen molar-refractivity contribution in [2.45, 2.75) is 27.2 Å². The number of likely N-dealkylation sites (N-methyl/N-ethyl adjacent to an activating group) is 1. The van der Waals surface area contributed by atoms with Gasteiger partial charge in [0, 0.05) is 45.0 Å². The van der Waals surface area contributed by atoms with Gasteiger partial charge in [-0.1, -0.05) is 84.5 Å². The molecule has 0 radical (unpaired) electrons. The van der Waals surface area contributed by atoms with Crippen molar-refractivity contribution in [1.82, 2.24) is 9.91 Å². The molecule has 0 N–H and O–H groups in total. The van der Waals surface area contributed by atoms with Crippen LogP contribution < -0.4 is 0 Å². The molecular formula is C32H41FN4. The van der Waals surface area contributed by atoms with Crippen LogP contribution in [0.15, 0.2) is 111 Å². The Morgan fingerprint density at radius 2 is 1.51 bits per heavy atom. The lowest BCUT2D eigenvalue weighted by molar-refractivity contribution is 0.159. The van der Waals surface area contributed by atoms with Crippen LogP contribution in [0.1, 0.15) is 25.8 Å². The lowest BCUT2D eigenvalue weighted by Gasteiger charge is -2.30. The van der Waals surface area contributed by atoms with Crippen LogP contribution in [-0.2, 0) is 0 Å². The van der Waals surface area contributed by atoms with Gasteiger partial charge in [0.1, 0.15) is 0 Å². The highest BCUT2D eigenvalue weighted by molar-refractivity contribution is 6.05. The maximum absolute atomic E-state index is 4.67. The summed E-state index contributed by atoms with van der Waals surface area (Å²) in [5.41, 5.74) is 8.73. The molecule has 1 saturated heterocycles. The lowest BCUT2D eigenvalue weighted by Crippen LogP contribution is -2.41. The van der Waals surface area contributed by atoms with Gasteiger partial charge in [-0.2, -0.15) is 5.10 Å². The number of halogens is 1. The van der Waals surface area contributed by atoms with E-state index < -0.39 is 0 Å². The highest BCUT2D eigenvalue weighted by Crippen LogP contribution is 2.24. The summed E-state index contributed by atoms with van der Waals surface area (Å²) in [6.45, 7) is 10.5. The standard InChI is InChI=1S/C19H28N4.C13H12.FH/c1-16-8-6-5-7-9-19(16)17(2)18(14-20-3)15-21-23-12-10-22(4)11-13-23;1-11-7-9-13(10-8-11)12-5-3-2-4-6-12;/h5,7-9,14-15H,6,10-13H2,1-4H3;2-10H,1H3;1H/b18-17?,20-14?,21-15-;;. The molecule has 0 atom stereocenters. The number of aliphatic imine (C=N–C) groups is 1. The second-order valence-electron chi connectivity index (χ2n) is 9.33. The molecule has 0 aromatic heterocycles. The van der Waals surface area contributed by atoms with E-state index >= 15 is 0 Å². The summed E-state index contributed by atoms with van der Waals surface area (Å²) in [5, 5.41) is 6.81. The number of hydrogen-bond acceptors (Lipinski definition) is 4. The zero-order valence-corrected chi connectivity index (χ0v) is 22.9. The minimum atomic E-state index is 0. The molecular weight excluding hydrogens is 459 g/mol. The zero-order valence-electron chi connectivity index (χ0n) is 22.9. The Kier molecular flexibility index (Phi) is 12.4. The van der Waals surface area contributed by atoms with Crippen LogP contribution in [0.3, 0.4) is 0 Å². The molecule has 2 aromatic carbocycles. The minimum Gasteiger partial charge on any atom is -0.303 e. The van der Waals surface area contributed by atoms with Crippen molar-refractivity contribution in [2.75, 3.05) is 40.3 Å². The maximum atomic E-state index is 4.67. The first kappa shape index (κ1) is 29.7. The molecule has 4 rings (SSSR count). The Balaban J connectivity index is 0.000000291. The minimum absolute atomic E-state index is 0. The Morgan fingerprint density at radius 1 is 0.865 bits per heavy atom. The van der Waals surface area contributed by atoms with Gasteiger partial charge >= 0.3 is 0 Å². The van der Waals surface area contributed by atoms with Crippen molar-refractivity contribution >= 4 is 12.4 Å². The van der Waals surface area contributed by atoms with Crippen molar-refractivity contribution in [2.24, 2.45) is 10.1 Å². The van der Waals surface area contributed by atoms with Crippen LogP contribution >= 0.6 is 0 Å². The SMILES string of the molecule is CN=CC(/C=N\N1CCN(C)CC1)=C(C)C1=CC=CCC=C1C.Cc1ccc(-c2ccccc2)cc1.F. The molecule has 0 unspecified atom stereocenters. The summed E-state index contributed by atoms with van der Waals surface area (Å²) in [6, 6.07) is 19.0. The normalized spacial score (nSPS) is 16.8. The molecule has 0 saturated carbocycles. The number of hydrazone groups is 1. The Bertz CT molecular complexity index is 1150. The van der Waals surface area contributed by atoms with E-state index in [0.29, 0.717) is 0 Å². The van der Waals surface area contributed by atoms with Crippen molar-refractivity contribution in [3.63, 3.8) is 0 Å². The fourth-order valence-electron chi connectivity index (χ4n) is 4.10. The number of allylic oxidation sites excluding steroid dienone is 8. The summed E-state index contributed by atoms with van der Waals surface area (Å²) in [7, 11) is 3.96. The highest BCUT2D eigenvalue weighted by atomic mass is 19.0. The van der Waals surface area contributed by atoms with Gasteiger partial charge in [-0.3, -0.25) is 14.7 Å². The van der Waals surface area contributed by atoms with Crippen LogP contribution in [0.25, 0.3) is 11.1 Å². The average Bonchev–Trinajstić information content (AvgIpc) is 3.12. The smallest absolute Gasteiger partial charge is 0.0561 e. The molecule has 4 nitrogen and oxygen atoms in total. The lowest BCUT2D eigenvalue weighted by atomic mass is 9.96. The fourth-order valence-corrected chi connectivity index (χ4v) is 4.10. The van der Waals surface area contributed by atoms with E-state index in [1.807, 2.05) is 18.5 Å². The van der Waals surface area contributed by atoms with Crippen LogP contribution in [0.4, 0.5) is 4.70 Å². The second-order valence-corrected chi connectivity index (χ2v) is 9.33. The predicted octanol–water partition coefficient (Wildman–Crippen LogP) is 6.88. The molecule has 2 aromatic rings. The second kappa shape index (κ2) is 15.5. The van der Waals surface area contributed by atoms with E-state index in [1.54, 1.807) is 7.05 Å². The largest absolute Gasteiger partial charge is 0.303 e. The number of benzene rings is 2. The summed E-state index contributed by atoms with van der Waals surface area (Å²) in [5.74, 6) is 0. The quantitative estimate of drug-likeness (QED) is 0.419. The van der Waals surface area contributed by atoms with Crippen LogP contribution in [0, 0.1) is 6.92 Å². The van der Waals surface area contributed by atoms with Crippen molar-refractivity contribution < 1.29 is 4.70 Å². The Hall–Kier alpha value is -3.57. The summed E-state index contributed by atoms with van der Waals surface area (Å²) in [6.07, 6.45) is 13.6. The topological polar surface area (TPSA) is 31.2 Å². The summed E-state index contributed by atoms with van der Waals surface area (Å²) in [4.78, 5) is 6.54. The number of nitrogens with zero attached hydrogens (tertiary/aromatic N) is 4. The Morgan fingerprint density at radius 3 is 2.16 bits per heavy atom. The van der Waals surface area contributed by atoms with E-state index in [2.05, 4.69) is 121 Å². The molecule has 5 heteroatoms. The van der Waals surface area contributed by atoms with Crippen molar-refractivity contribution in [1.29, 1.82) is 0 Å². The van der Waals surface area contributed by atoms with Gasteiger partial charge in [0.2, 0.25) is 0 Å². The van der Waals surface area contributed by atoms with Crippen LogP contribution in [-0.4, -0.2) is 62.6 Å². The molecule has 1 fully saturated rings. The molecule has 1 aliphatic carbocycles. The van der Waals surface area contributed by atoms with Gasteiger partial charge in [0.25, 0.3) is 0 Å². The summed E-state index contributed by atoms with van der Waals surface area (Å²) < 4.78 is 0. The molecule has 0 spiro atoms. The molecule has 1 aliphatic heterocycles. The highest BCUT2D eigenvalue weighted by Gasteiger charge is 2.12. The molecule has 1 heterocycles. The van der Waals surface area contributed by atoms with Crippen LogP contribution in [0.2, 0.25) is 0 Å². The molecule has 0 bridgehead atoms. The van der Waals surface area contributed by atoms with Crippen LogP contribution in [0.5, 0.6) is 0 Å². The van der Waals surface area contributed by atoms with Gasteiger partial charge in [-0.25, -0.2) is 0 Å². The van der Waals surface area contributed by atoms with E-state index in [4.69, 9.17) is 0 Å². The van der Waals surface area contributed by atoms with Gasteiger partial charge in [-0.05, 0) is 62.1 Å². The number of hydrogen-bond donors (Lipinski definition) is 0. The third-order valence-corrected chi connectivity index (χ3v) is 6.49. The van der Waals surface area contributed by atoms with E-state index in [-0.39, 0.29) is 4.70 Å². The number of aryl methyl sites for hydroxylation is 1. The molecule has 2 aliphatic rings. The predicted molar refractivity (Wildman–Crippen MR) is 159 cm³/mol. The van der Waals surface area contributed by atoms with Gasteiger partial charge in [0.05, 0.1) is 6.21 Å². The summed E-state index contributed by atoms with van der Waals surface area (Å²) >= 11 is 0. The third-order valence-electron chi connectivity index (χ3n) is 6.49.